The third kappa shape index (κ3) is 4.89. The van der Waals surface area contributed by atoms with Crippen LogP contribution in [0.15, 0.2) is 0 Å². The van der Waals surface area contributed by atoms with Crippen molar-refractivity contribution in [3.8, 4) is 0 Å². The van der Waals surface area contributed by atoms with Crippen LogP contribution >= 0.6 is 0 Å². The summed E-state index contributed by atoms with van der Waals surface area (Å²) in [6.45, 7) is 7.05. The lowest BCUT2D eigenvalue weighted by atomic mass is 9.64. The highest BCUT2D eigenvalue weighted by Crippen LogP contribution is 2.53. The fraction of sp³-hybridized carbons (Fsp3) is 0.963. The van der Waals surface area contributed by atoms with Crippen LogP contribution in [0.5, 0.6) is 0 Å². The van der Waals surface area contributed by atoms with Crippen molar-refractivity contribution in [3.63, 3.8) is 0 Å². The fourth-order valence-corrected chi connectivity index (χ4v) is 8.70. The van der Waals surface area contributed by atoms with Gasteiger partial charge in [0.1, 0.15) is 0 Å². The Hall–Kier alpha value is -0.980. The van der Waals surface area contributed by atoms with Gasteiger partial charge in [-0.3, -0.25) is 14.6 Å². The lowest BCUT2D eigenvalue weighted by Gasteiger charge is -2.52. The zero-order chi connectivity index (χ0) is 26.7. The van der Waals surface area contributed by atoms with E-state index in [1.54, 1.807) is 0 Å². The van der Waals surface area contributed by atoms with Crippen molar-refractivity contribution < 1.29 is 22.7 Å². The predicted octanol–water partition coefficient (Wildman–Crippen LogP) is 2.19. The summed E-state index contributed by atoms with van der Waals surface area (Å²) < 4.78 is 48.9. The number of rotatable bonds is 6. The molecule has 216 valence electrons. The summed E-state index contributed by atoms with van der Waals surface area (Å²) >= 11 is 0. The molecule has 2 aliphatic carbocycles. The Kier molecular flexibility index (Phi) is 7.48. The van der Waals surface area contributed by atoms with E-state index in [1.165, 1.54) is 0 Å². The zero-order valence-corrected chi connectivity index (χ0v) is 22.8. The molecule has 38 heavy (non-hydrogen) atoms. The molecule has 4 aliphatic heterocycles. The van der Waals surface area contributed by atoms with E-state index in [2.05, 4.69) is 39.9 Å². The normalized spacial score (nSPS) is 41.3. The molecule has 0 bridgehead atoms. The molecule has 6 aliphatic rings. The van der Waals surface area contributed by atoms with Crippen LogP contribution in [0.3, 0.4) is 0 Å². The second-order valence-corrected chi connectivity index (χ2v) is 13.2. The molecule has 0 radical (unpaired) electrons. The van der Waals surface area contributed by atoms with Gasteiger partial charge in [-0.2, -0.15) is 13.2 Å². The number of likely N-dealkylation sites (tertiary alicyclic amines) is 1. The lowest BCUT2D eigenvalue weighted by Crippen LogP contribution is -2.56. The number of halogens is 3. The number of hydrogen-bond donors (Lipinski definition) is 3. The average molecular weight is 543 g/mol. The minimum atomic E-state index is -4.27. The molecule has 8 nitrogen and oxygen atoms in total. The van der Waals surface area contributed by atoms with Crippen molar-refractivity contribution in [2.24, 2.45) is 35.0 Å². The molecule has 0 aromatic heterocycles. The van der Waals surface area contributed by atoms with E-state index < -0.39 is 23.9 Å². The van der Waals surface area contributed by atoms with Crippen LogP contribution in [0.4, 0.5) is 13.2 Å². The Labute approximate surface area is 224 Å². The summed E-state index contributed by atoms with van der Waals surface area (Å²) in [7, 11) is 2.10. The molecule has 11 heteroatoms. The number of carbonyl (C=O) groups excluding carboxylic acids is 1. The van der Waals surface area contributed by atoms with Crippen LogP contribution in [0.1, 0.15) is 51.9 Å². The van der Waals surface area contributed by atoms with E-state index in [9.17, 15) is 18.0 Å². The predicted molar refractivity (Wildman–Crippen MR) is 136 cm³/mol. The molecule has 6 fully saturated rings. The highest BCUT2D eigenvalue weighted by molar-refractivity contribution is 5.82. The fourth-order valence-electron chi connectivity index (χ4n) is 8.70. The minimum Gasteiger partial charge on any atom is -0.380 e. The van der Waals surface area contributed by atoms with Crippen LogP contribution in [-0.4, -0.2) is 98.3 Å². The van der Waals surface area contributed by atoms with E-state index in [1.807, 2.05) is 4.90 Å². The van der Waals surface area contributed by atoms with Crippen molar-refractivity contribution in [3.05, 3.63) is 0 Å². The number of alkyl halides is 3. The largest absolute Gasteiger partial charge is 0.392 e. The van der Waals surface area contributed by atoms with Crippen LogP contribution in [-0.2, 0) is 9.53 Å². The van der Waals surface area contributed by atoms with Gasteiger partial charge in [0.15, 0.2) is 0 Å². The molecule has 1 amide bonds. The Morgan fingerprint density at radius 3 is 2.61 bits per heavy atom. The molecular weight excluding hydrogens is 497 g/mol. The van der Waals surface area contributed by atoms with Gasteiger partial charge in [-0.05, 0) is 70.3 Å². The van der Waals surface area contributed by atoms with Crippen LogP contribution < -0.4 is 16.2 Å². The van der Waals surface area contributed by atoms with E-state index in [4.69, 9.17) is 4.74 Å². The van der Waals surface area contributed by atoms with E-state index >= 15 is 0 Å². The van der Waals surface area contributed by atoms with Gasteiger partial charge >= 0.3 is 6.18 Å². The molecule has 2 saturated carbocycles. The molecule has 0 aromatic rings. The highest BCUT2D eigenvalue weighted by atomic mass is 19.4. The third-order valence-corrected chi connectivity index (χ3v) is 11.2. The summed E-state index contributed by atoms with van der Waals surface area (Å²) in [5.74, 6) is -2.18. The number of fused-ring (bicyclic) bond motifs is 1. The first-order valence-corrected chi connectivity index (χ1v) is 14.7. The summed E-state index contributed by atoms with van der Waals surface area (Å²) in [5, 5.41) is 3.30. The summed E-state index contributed by atoms with van der Waals surface area (Å²) in [5.41, 5.74) is 6.66. The van der Waals surface area contributed by atoms with Crippen molar-refractivity contribution in [1.29, 1.82) is 0 Å². The molecule has 0 aromatic carbocycles. The standard InChI is InChI=1S/C27H45F3N6O2/c1-17(35-7-6-31-15-35)18-8-21-22(23(9-18)27(28,29)30)12-36(25(21)37)20-5-3-4-19(10-20)26(13-38-14-26)11-24-33-32-16-34(24)2/h17-24,31-33H,3-16H2,1-2H3. The highest BCUT2D eigenvalue weighted by Gasteiger charge is 2.59. The SMILES string of the molecule is CC(C1CC2C(=O)N(C3CCCC(C4(CC5NNCN5C)COC4)C3)CC2C(C(F)(F)F)C1)N1CCNC1. The first kappa shape index (κ1) is 27.2. The van der Waals surface area contributed by atoms with E-state index in [-0.39, 0.29) is 48.5 Å². The smallest absolute Gasteiger partial charge is 0.380 e. The molecule has 8 unspecified atom stereocenters. The first-order chi connectivity index (χ1) is 18.2. The number of amides is 1. The van der Waals surface area contributed by atoms with Crippen LogP contribution in [0.2, 0.25) is 0 Å². The number of nitrogens with one attached hydrogen (secondary N) is 3. The molecular formula is C27H45F3N6O2. The Morgan fingerprint density at radius 2 is 1.97 bits per heavy atom. The van der Waals surface area contributed by atoms with Gasteiger partial charge in [0.2, 0.25) is 5.91 Å². The van der Waals surface area contributed by atoms with Gasteiger partial charge in [0, 0.05) is 49.7 Å². The van der Waals surface area contributed by atoms with E-state index in [0.717, 1.165) is 71.7 Å². The number of ether oxygens (including phenoxy) is 1. The van der Waals surface area contributed by atoms with Crippen molar-refractivity contribution >= 4 is 5.91 Å². The molecule has 6 rings (SSSR count). The van der Waals surface area contributed by atoms with Gasteiger partial charge in [-0.15, -0.1) is 0 Å². The average Bonchev–Trinajstić information content (AvgIpc) is 3.61. The lowest BCUT2D eigenvalue weighted by molar-refractivity contribution is -0.205. The number of hydrogen-bond acceptors (Lipinski definition) is 7. The van der Waals surface area contributed by atoms with Gasteiger partial charge < -0.3 is 15.0 Å². The number of carbonyl (C=O) groups is 1. The number of hydrazine groups is 1. The summed E-state index contributed by atoms with van der Waals surface area (Å²) in [4.78, 5) is 20.3. The summed E-state index contributed by atoms with van der Waals surface area (Å²) in [6, 6.07) is 0.0938. The van der Waals surface area contributed by atoms with Gasteiger partial charge in [0.05, 0.1) is 32.0 Å². The first-order valence-electron chi connectivity index (χ1n) is 14.7. The van der Waals surface area contributed by atoms with Crippen LogP contribution in [0, 0.1) is 35.0 Å². The maximum atomic E-state index is 14.4. The van der Waals surface area contributed by atoms with Crippen molar-refractivity contribution in [2.45, 2.75) is 76.3 Å². The Morgan fingerprint density at radius 1 is 1.16 bits per heavy atom. The number of nitrogens with zero attached hydrogens (tertiary/aromatic N) is 3. The van der Waals surface area contributed by atoms with Gasteiger partial charge in [-0.1, -0.05) is 6.42 Å². The Balaban J connectivity index is 1.17. The van der Waals surface area contributed by atoms with Gasteiger partial charge in [0.25, 0.3) is 0 Å². The third-order valence-electron chi connectivity index (χ3n) is 11.2. The van der Waals surface area contributed by atoms with Crippen LogP contribution in [0.25, 0.3) is 0 Å². The van der Waals surface area contributed by atoms with E-state index in [0.29, 0.717) is 12.3 Å². The molecule has 8 atom stereocenters. The molecule has 0 spiro atoms. The maximum Gasteiger partial charge on any atom is 0.392 e. The second-order valence-electron chi connectivity index (χ2n) is 13.2. The Bertz CT molecular complexity index is 866. The molecule has 3 N–H and O–H groups in total. The van der Waals surface area contributed by atoms with Crippen molar-refractivity contribution in [2.75, 3.05) is 53.2 Å². The zero-order valence-electron chi connectivity index (χ0n) is 22.8. The second kappa shape index (κ2) is 10.4. The molecule has 4 saturated heterocycles. The summed E-state index contributed by atoms with van der Waals surface area (Å²) in [6.07, 6.45) is 1.60. The van der Waals surface area contributed by atoms with Crippen molar-refractivity contribution in [1.82, 2.24) is 30.9 Å². The quantitative estimate of drug-likeness (QED) is 0.475. The van der Waals surface area contributed by atoms with Gasteiger partial charge in [-0.25, -0.2) is 10.9 Å². The maximum absolute atomic E-state index is 14.4. The topological polar surface area (TPSA) is 72.1 Å². The minimum absolute atomic E-state index is 0.00773. The molecule has 4 heterocycles. The monoisotopic (exact) mass is 542 g/mol.